The second-order valence-electron chi connectivity index (χ2n) is 8.40. The number of hydrogen-bond acceptors (Lipinski definition) is 4. The van der Waals surface area contributed by atoms with E-state index < -0.39 is 0 Å². The van der Waals surface area contributed by atoms with Crippen LogP contribution in [0.15, 0.2) is 0 Å². The van der Waals surface area contributed by atoms with E-state index in [4.69, 9.17) is 0 Å². The zero-order chi connectivity index (χ0) is 18.5. The van der Waals surface area contributed by atoms with Gasteiger partial charge in [0.1, 0.15) is 0 Å². The molecule has 2 saturated carbocycles. The van der Waals surface area contributed by atoms with Crippen molar-refractivity contribution in [2.24, 2.45) is 0 Å². The van der Waals surface area contributed by atoms with Gasteiger partial charge >= 0.3 is 0 Å². The first-order valence-corrected chi connectivity index (χ1v) is 10.6. The van der Waals surface area contributed by atoms with Gasteiger partial charge in [-0.1, -0.05) is 25.7 Å². The van der Waals surface area contributed by atoms with Crippen LogP contribution >= 0.6 is 0 Å². The van der Waals surface area contributed by atoms with Crippen LogP contribution in [0.3, 0.4) is 0 Å². The Kier molecular flexibility index (Phi) is 6.92. The lowest BCUT2D eigenvalue weighted by molar-refractivity contribution is -0.130. The minimum atomic E-state index is -0.0830. The number of nitrogens with zero attached hydrogens (tertiary/aromatic N) is 2. The van der Waals surface area contributed by atoms with E-state index in [9.17, 15) is 9.59 Å². The number of carbonyl (C=O) groups is 2. The molecule has 6 nitrogen and oxygen atoms in total. The average Bonchev–Trinajstić information content (AvgIpc) is 3.34. The van der Waals surface area contributed by atoms with Gasteiger partial charge in [0.05, 0.1) is 12.1 Å². The highest BCUT2D eigenvalue weighted by atomic mass is 16.2. The van der Waals surface area contributed by atoms with Crippen LogP contribution in [0.1, 0.15) is 65.2 Å². The molecule has 2 amide bonds. The van der Waals surface area contributed by atoms with Crippen LogP contribution in [0.2, 0.25) is 0 Å². The van der Waals surface area contributed by atoms with Gasteiger partial charge in [-0.2, -0.15) is 0 Å². The zero-order valence-corrected chi connectivity index (χ0v) is 16.5. The summed E-state index contributed by atoms with van der Waals surface area (Å²) in [5.74, 6) is 0.328. The predicted octanol–water partition coefficient (Wildman–Crippen LogP) is 1.50. The third kappa shape index (κ3) is 4.97. The lowest BCUT2D eigenvalue weighted by atomic mass is 10.1. The molecule has 1 heterocycles. The molecule has 0 radical (unpaired) electrons. The van der Waals surface area contributed by atoms with Crippen molar-refractivity contribution in [2.75, 3.05) is 26.2 Å². The summed E-state index contributed by atoms with van der Waals surface area (Å²) < 4.78 is 0. The molecule has 26 heavy (non-hydrogen) atoms. The van der Waals surface area contributed by atoms with Crippen molar-refractivity contribution < 1.29 is 9.59 Å². The highest BCUT2D eigenvalue weighted by Gasteiger charge is 2.31. The fraction of sp³-hybridized carbons (Fsp3) is 0.900. The van der Waals surface area contributed by atoms with E-state index in [-0.39, 0.29) is 23.9 Å². The number of nitrogens with one attached hydrogen (secondary N) is 2. The lowest BCUT2D eigenvalue weighted by Gasteiger charge is -2.40. The van der Waals surface area contributed by atoms with Crippen molar-refractivity contribution in [3.05, 3.63) is 0 Å². The van der Waals surface area contributed by atoms with Gasteiger partial charge < -0.3 is 10.6 Å². The van der Waals surface area contributed by atoms with E-state index in [0.29, 0.717) is 12.1 Å². The second-order valence-corrected chi connectivity index (χ2v) is 8.40. The minimum Gasteiger partial charge on any atom is -0.352 e. The SMILES string of the molecule is CC(C(=O)NC1CCCC1)N1CCN(C(C)C(=O)NC2CCCC2)CC1. The largest absolute Gasteiger partial charge is 0.352 e. The van der Waals surface area contributed by atoms with Crippen LogP contribution in [0.25, 0.3) is 0 Å². The van der Waals surface area contributed by atoms with Gasteiger partial charge in [0.25, 0.3) is 0 Å². The summed E-state index contributed by atoms with van der Waals surface area (Å²) in [7, 11) is 0. The number of amides is 2. The molecule has 3 fully saturated rings. The monoisotopic (exact) mass is 364 g/mol. The van der Waals surface area contributed by atoms with Crippen LogP contribution in [-0.4, -0.2) is 72.0 Å². The topological polar surface area (TPSA) is 64.7 Å². The van der Waals surface area contributed by atoms with E-state index in [1.165, 1.54) is 25.7 Å². The maximum Gasteiger partial charge on any atom is 0.237 e. The van der Waals surface area contributed by atoms with Gasteiger partial charge in [-0.25, -0.2) is 0 Å². The quantitative estimate of drug-likeness (QED) is 0.750. The Morgan fingerprint density at radius 1 is 0.692 bits per heavy atom. The summed E-state index contributed by atoms with van der Waals surface area (Å²) in [6.45, 7) is 7.41. The summed E-state index contributed by atoms with van der Waals surface area (Å²) in [5.41, 5.74) is 0. The van der Waals surface area contributed by atoms with Crippen LogP contribution in [0.5, 0.6) is 0 Å². The Hall–Kier alpha value is -1.14. The van der Waals surface area contributed by atoms with Crippen molar-refractivity contribution in [1.82, 2.24) is 20.4 Å². The van der Waals surface area contributed by atoms with Crippen molar-refractivity contribution in [3.8, 4) is 0 Å². The fourth-order valence-corrected chi connectivity index (χ4v) is 4.63. The molecule has 3 rings (SSSR count). The summed E-state index contributed by atoms with van der Waals surface area (Å²) in [6, 6.07) is 0.594. The van der Waals surface area contributed by atoms with E-state index in [2.05, 4.69) is 20.4 Å². The molecule has 3 aliphatic rings. The van der Waals surface area contributed by atoms with Crippen molar-refractivity contribution >= 4 is 11.8 Å². The summed E-state index contributed by atoms with van der Waals surface area (Å²) >= 11 is 0. The zero-order valence-electron chi connectivity index (χ0n) is 16.5. The van der Waals surface area contributed by atoms with E-state index >= 15 is 0 Å². The number of rotatable bonds is 6. The molecule has 0 aromatic heterocycles. The van der Waals surface area contributed by atoms with Gasteiger partial charge in [0.2, 0.25) is 11.8 Å². The van der Waals surface area contributed by atoms with Gasteiger partial charge in [-0.3, -0.25) is 19.4 Å². The molecule has 0 aromatic rings. The van der Waals surface area contributed by atoms with Crippen LogP contribution in [0, 0.1) is 0 Å². The molecule has 148 valence electrons. The highest BCUT2D eigenvalue weighted by Crippen LogP contribution is 2.19. The molecule has 2 N–H and O–H groups in total. The van der Waals surface area contributed by atoms with E-state index in [1.807, 2.05) is 13.8 Å². The van der Waals surface area contributed by atoms with Crippen molar-refractivity contribution in [1.29, 1.82) is 0 Å². The van der Waals surface area contributed by atoms with Crippen LogP contribution in [0.4, 0.5) is 0 Å². The number of piperazine rings is 1. The normalized spacial score (nSPS) is 25.9. The summed E-state index contributed by atoms with van der Waals surface area (Å²) in [5, 5.41) is 6.42. The number of hydrogen-bond donors (Lipinski definition) is 2. The first-order valence-electron chi connectivity index (χ1n) is 10.6. The maximum absolute atomic E-state index is 12.5. The maximum atomic E-state index is 12.5. The van der Waals surface area contributed by atoms with E-state index in [0.717, 1.165) is 51.9 Å². The molecule has 6 heteroatoms. The third-order valence-corrected chi connectivity index (χ3v) is 6.61. The Morgan fingerprint density at radius 3 is 1.31 bits per heavy atom. The Bertz CT molecular complexity index is 434. The molecule has 0 bridgehead atoms. The lowest BCUT2D eigenvalue weighted by Crippen LogP contribution is -2.58. The van der Waals surface area contributed by atoms with Gasteiger partial charge in [0, 0.05) is 38.3 Å². The summed E-state index contributed by atoms with van der Waals surface area (Å²) in [4.78, 5) is 29.5. The molecule has 2 unspecified atom stereocenters. The Morgan fingerprint density at radius 2 is 1.00 bits per heavy atom. The minimum absolute atomic E-state index is 0.0830. The van der Waals surface area contributed by atoms with Crippen LogP contribution in [-0.2, 0) is 9.59 Å². The van der Waals surface area contributed by atoms with Gasteiger partial charge in [0.15, 0.2) is 0 Å². The molecular formula is C20H36N4O2. The average molecular weight is 365 g/mol. The van der Waals surface area contributed by atoms with Gasteiger partial charge in [-0.05, 0) is 39.5 Å². The van der Waals surface area contributed by atoms with Crippen molar-refractivity contribution in [3.63, 3.8) is 0 Å². The Labute approximate surface area is 158 Å². The second kappa shape index (κ2) is 9.18. The molecule has 0 spiro atoms. The first kappa shape index (κ1) is 19.6. The molecule has 1 aliphatic heterocycles. The predicted molar refractivity (Wildman–Crippen MR) is 103 cm³/mol. The van der Waals surface area contributed by atoms with E-state index in [1.54, 1.807) is 0 Å². The molecule has 2 aliphatic carbocycles. The van der Waals surface area contributed by atoms with Crippen LogP contribution < -0.4 is 10.6 Å². The molecule has 1 saturated heterocycles. The number of carbonyl (C=O) groups excluding carboxylic acids is 2. The standard InChI is InChI=1S/C20H36N4O2/c1-15(19(25)21-17-7-3-4-8-17)23-11-13-24(14-12-23)16(2)20(26)22-18-9-5-6-10-18/h15-18H,3-14H2,1-2H3,(H,21,25)(H,22,26). The Balaban J connectivity index is 1.41. The van der Waals surface area contributed by atoms with Gasteiger partial charge in [-0.15, -0.1) is 0 Å². The highest BCUT2D eigenvalue weighted by molar-refractivity contribution is 5.82. The molecular weight excluding hydrogens is 328 g/mol. The fourth-order valence-electron chi connectivity index (χ4n) is 4.63. The summed E-state index contributed by atoms with van der Waals surface area (Å²) in [6.07, 6.45) is 9.44. The molecule has 0 aromatic carbocycles. The smallest absolute Gasteiger partial charge is 0.237 e. The third-order valence-electron chi connectivity index (χ3n) is 6.61. The molecule has 2 atom stereocenters. The first-order chi connectivity index (χ1) is 12.5. The van der Waals surface area contributed by atoms with Crippen molar-refractivity contribution in [2.45, 2.75) is 89.4 Å².